The first-order valence-electron chi connectivity index (χ1n) is 9.54. The SMILES string of the molecule is CC(C)(C)c1ccc(C2(C(=O)NC3CCOc4ccccc43)CC2)cc1. The monoisotopic (exact) mass is 349 g/mol. The van der Waals surface area contributed by atoms with Crippen LogP contribution in [0, 0.1) is 0 Å². The molecular formula is C23H27NO2. The first-order valence-corrected chi connectivity index (χ1v) is 9.54. The quantitative estimate of drug-likeness (QED) is 0.875. The van der Waals surface area contributed by atoms with Gasteiger partial charge in [-0.15, -0.1) is 0 Å². The Kier molecular flexibility index (Phi) is 4.06. The molecule has 3 nitrogen and oxygen atoms in total. The third kappa shape index (κ3) is 3.00. The average Bonchev–Trinajstić information content (AvgIpc) is 3.43. The van der Waals surface area contributed by atoms with E-state index < -0.39 is 0 Å². The summed E-state index contributed by atoms with van der Waals surface area (Å²) >= 11 is 0. The van der Waals surface area contributed by atoms with Gasteiger partial charge in [-0.3, -0.25) is 4.79 Å². The van der Waals surface area contributed by atoms with Crippen LogP contribution in [0.15, 0.2) is 48.5 Å². The fraction of sp³-hybridized carbons (Fsp3) is 0.435. The Labute approximate surface area is 155 Å². The van der Waals surface area contributed by atoms with Crippen molar-refractivity contribution in [2.75, 3.05) is 6.61 Å². The van der Waals surface area contributed by atoms with Gasteiger partial charge < -0.3 is 10.1 Å². The van der Waals surface area contributed by atoms with Gasteiger partial charge in [0.15, 0.2) is 0 Å². The van der Waals surface area contributed by atoms with Crippen molar-refractivity contribution in [1.82, 2.24) is 5.32 Å². The minimum absolute atomic E-state index is 0.0405. The molecule has 1 unspecified atom stereocenters. The summed E-state index contributed by atoms with van der Waals surface area (Å²) in [6, 6.07) is 16.7. The van der Waals surface area contributed by atoms with Gasteiger partial charge in [-0.1, -0.05) is 63.2 Å². The first kappa shape index (κ1) is 17.1. The van der Waals surface area contributed by atoms with Gasteiger partial charge in [-0.05, 0) is 35.4 Å². The molecule has 26 heavy (non-hydrogen) atoms. The number of hydrogen-bond acceptors (Lipinski definition) is 2. The van der Waals surface area contributed by atoms with Gasteiger partial charge in [0.2, 0.25) is 5.91 Å². The summed E-state index contributed by atoms with van der Waals surface area (Å²) < 4.78 is 5.71. The summed E-state index contributed by atoms with van der Waals surface area (Å²) in [5, 5.41) is 3.30. The zero-order chi connectivity index (χ0) is 18.4. The zero-order valence-electron chi connectivity index (χ0n) is 15.8. The van der Waals surface area contributed by atoms with Crippen LogP contribution < -0.4 is 10.1 Å². The fourth-order valence-electron chi connectivity index (χ4n) is 3.85. The van der Waals surface area contributed by atoms with Crippen LogP contribution in [0.5, 0.6) is 5.75 Å². The van der Waals surface area contributed by atoms with Crippen molar-refractivity contribution in [2.24, 2.45) is 0 Å². The molecule has 0 spiro atoms. The van der Waals surface area contributed by atoms with E-state index in [2.05, 4.69) is 56.4 Å². The lowest BCUT2D eigenvalue weighted by Gasteiger charge is -2.28. The number of amides is 1. The molecule has 4 rings (SSSR count). The lowest BCUT2D eigenvalue weighted by Crippen LogP contribution is -2.39. The van der Waals surface area contributed by atoms with Crippen molar-refractivity contribution < 1.29 is 9.53 Å². The highest BCUT2D eigenvalue weighted by Gasteiger charge is 2.51. The second-order valence-corrected chi connectivity index (χ2v) is 8.61. The van der Waals surface area contributed by atoms with Crippen molar-refractivity contribution in [3.8, 4) is 5.75 Å². The molecule has 1 aliphatic heterocycles. The summed E-state index contributed by atoms with van der Waals surface area (Å²) in [4.78, 5) is 13.1. The molecule has 1 saturated carbocycles. The summed E-state index contributed by atoms with van der Waals surface area (Å²) in [6.45, 7) is 7.29. The number of hydrogen-bond donors (Lipinski definition) is 1. The molecule has 1 N–H and O–H groups in total. The van der Waals surface area contributed by atoms with Gasteiger partial charge in [0.05, 0.1) is 18.1 Å². The first-order chi connectivity index (χ1) is 12.4. The van der Waals surface area contributed by atoms with Gasteiger partial charge >= 0.3 is 0 Å². The summed E-state index contributed by atoms with van der Waals surface area (Å²) in [6.07, 6.45) is 2.68. The van der Waals surface area contributed by atoms with Gasteiger partial charge in [-0.2, -0.15) is 0 Å². The molecule has 1 aliphatic carbocycles. The lowest BCUT2D eigenvalue weighted by atomic mass is 9.84. The number of rotatable bonds is 3. The van der Waals surface area contributed by atoms with Crippen LogP contribution >= 0.6 is 0 Å². The second-order valence-electron chi connectivity index (χ2n) is 8.61. The minimum Gasteiger partial charge on any atom is -0.493 e. The van der Waals surface area contributed by atoms with Crippen LogP contribution in [-0.2, 0) is 15.6 Å². The molecule has 136 valence electrons. The highest BCUT2D eigenvalue weighted by Crippen LogP contribution is 2.49. The van der Waals surface area contributed by atoms with Gasteiger partial charge in [-0.25, -0.2) is 0 Å². The van der Waals surface area contributed by atoms with Gasteiger partial charge in [0.25, 0.3) is 0 Å². The number of benzene rings is 2. The van der Waals surface area contributed by atoms with Crippen molar-refractivity contribution in [2.45, 2.75) is 56.9 Å². The fourth-order valence-corrected chi connectivity index (χ4v) is 3.85. The molecule has 2 aliphatic rings. The summed E-state index contributed by atoms with van der Waals surface area (Å²) in [7, 11) is 0. The maximum Gasteiger partial charge on any atom is 0.231 e. The Morgan fingerprint density at radius 1 is 1.08 bits per heavy atom. The van der Waals surface area contributed by atoms with E-state index in [9.17, 15) is 4.79 Å². The minimum atomic E-state index is -0.344. The predicted octanol–water partition coefficient (Wildman–Crippen LogP) is 4.66. The van der Waals surface area contributed by atoms with Crippen molar-refractivity contribution in [3.05, 3.63) is 65.2 Å². The van der Waals surface area contributed by atoms with Crippen LogP contribution in [0.3, 0.4) is 0 Å². The second kappa shape index (κ2) is 6.15. The molecule has 1 fully saturated rings. The molecule has 1 amide bonds. The molecule has 1 heterocycles. The Morgan fingerprint density at radius 3 is 2.42 bits per heavy atom. The van der Waals surface area contributed by atoms with E-state index in [-0.39, 0.29) is 22.8 Å². The highest BCUT2D eigenvalue weighted by atomic mass is 16.5. The Balaban J connectivity index is 1.54. The van der Waals surface area contributed by atoms with Gasteiger partial charge in [0.1, 0.15) is 5.75 Å². The van der Waals surface area contributed by atoms with Gasteiger partial charge in [0, 0.05) is 12.0 Å². The van der Waals surface area contributed by atoms with E-state index in [0.717, 1.165) is 36.1 Å². The molecule has 0 radical (unpaired) electrons. The Bertz CT molecular complexity index is 813. The van der Waals surface area contributed by atoms with Crippen molar-refractivity contribution in [1.29, 1.82) is 0 Å². The standard InChI is InChI=1S/C23H27NO2/c1-22(2,3)16-8-10-17(11-9-16)23(13-14-23)21(25)24-19-12-15-26-20-7-5-4-6-18(19)20/h4-11,19H,12-15H2,1-3H3,(H,24,25). The topological polar surface area (TPSA) is 38.3 Å². The van der Waals surface area contributed by atoms with Crippen LogP contribution in [0.2, 0.25) is 0 Å². The largest absolute Gasteiger partial charge is 0.493 e. The third-order valence-electron chi connectivity index (χ3n) is 5.75. The van der Waals surface area contributed by atoms with E-state index in [1.54, 1.807) is 0 Å². The predicted molar refractivity (Wildman–Crippen MR) is 103 cm³/mol. The van der Waals surface area contributed by atoms with E-state index in [1.807, 2.05) is 18.2 Å². The normalized spacial score (nSPS) is 20.7. The van der Waals surface area contributed by atoms with Crippen LogP contribution in [0.25, 0.3) is 0 Å². The average molecular weight is 349 g/mol. The smallest absolute Gasteiger partial charge is 0.231 e. The van der Waals surface area contributed by atoms with Crippen molar-refractivity contribution in [3.63, 3.8) is 0 Å². The number of carbonyl (C=O) groups excluding carboxylic acids is 1. The Hall–Kier alpha value is -2.29. The molecule has 0 bridgehead atoms. The van der Waals surface area contributed by atoms with E-state index in [1.165, 1.54) is 5.56 Å². The van der Waals surface area contributed by atoms with Crippen molar-refractivity contribution >= 4 is 5.91 Å². The van der Waals surface area contributed by atoms with E-state index >= 15 is 0 Å². The number of nitrogens with one attached hydrogen (secondary N) is 1. The van der Waals surface area contributed by atoms with Crippen LogP contribution in [0.4, 0.5) is 0 Å². The number of carbonyl (C=O) groups is 1. The van der Waals surface area contributed by atoms with Crippen LogP contribution in [-0.4, -0.2) is 12.5 Å². The zero-order valence-corrected chi connectivity index (χ0v) is 15.8. The number of ether oxygens (including phenoxy) is 1. The summed E-state index contributed by atoms with van der Waals surface area (Å²) in [5.41, 5.74) is 3.32. The molecule has 2 aromatic carbocycles. The number of fused-ring (bicyclic) bond motifs is 1. The molecule has 0 saturated heterocycles. The Morgan fingerprint density at radius 2 is 1.77 bits per heavy atom. The summed E-state index contributed by atoms with van der Waals surface area (Å²) in [5.74, 6) is 1.05. The van der Waals surface area contributed by atoms with E-state index in [0.29, 0.717) is 6.61 Å². The molecule has 3 heteroatoms. The molecule has 1 atom stereocenters. The molecular weight excluding hydrogens is 322 g/mol. The third-order valence-corrected chi connectivity index (χ3v) is 5.75. The highest BCUT2D eigenvalue weighted by molar-refractivity contribution is 5.91. The van der Waals surface area contributed by atoms with Crippen LogP contribution in [0.1, 0.15) is 62.8 Å². The maximum atomic E-state index is 13.1. The number of para-hydroxylation sites is 1. The lowest BCUT2D eigenvalue weighted by molar-refractivity contribution is -0.124. The maximum absolute atomic E-state index is 13.1. The molecule has 2 aromatic rings. The molecule has 0 aromatic heterocycles. The van der Waals surface area contributed by atoms with E-state index in [4.69, 9.17) is 4.74 Å².